The molecular formula is C17H17F3N4O2. The fourth-order valence-corrected chi connectivity index (χ4v) is 2.89. The summed E-state index contributed by atoms with van der Waals surface area (Å²) in [6, 6.07) is 5.58. The SMILES string of the molecule is Cc1cc(=O)c(C(=O)N2CC[C@H](N)C2)nn1-c1cccc(C(F)(F)F)c1. The lowest BCUT2D eigenvalue weighted by Crippen LogP contribution is -2.36. The topological polar surface area (TPSA) is 81.2 Å². The Morgan fingerprint density at radius 1 is 1.31 bits per heavy atom. The van der Waals surface area contributed by atoms with Crippen molar-refractivity contribution in [1.29, 1.82) is 0 Å². The molecule has 6 nitrogen and oxygen atoms in total. The highest BCUT2D eigenvalue weighted by Crippen LogP contribution is 2.30. The van der Waals surface area contributed by atoms with Gasteiger partial charge in [0.1, 0.15) is 0 Å². The van der Waals surface area contributed by atoms with Gasteiger partial charge in [0.15, 0.2) is 5.69 Å². The molecule has 1 aromatic heterocycles. The van der Waals surface area contributed by atoms with Gasteiger partial charge in [0, 0.05) is 30.9 Å². The summed E-state index contributed by atoms with van der Waals surface area (Å²) >= 11 is 0. The van der Waals surface area contributed by atoms with E-state index >= 15 is 0 Å². The maximum Gasteiger partial charge on any atom is 0.416 e. The molecule has 1 aliphatic rings. The molecular weight excluding hydrogens is 349 g/mol. The number of aryl methyl sites for hydroxylation is 1. The van der Waals surface area contributed by atoms with E-state index < -0.39 is 23.1 Å². The van der Waals surface area contributed by atoms with Crippen molar-refractivity contribution in [2.24, 2.45) is 5.73 Å². The molecule has 0 radical (unpaired) electrons. The van der Waals surface area contributed by atoms with E-state index in [4.69, 9.17) is 5.73 Å². The third kappa shape index (κ3) is 3.48. The van der Waals surface area contributed by atoms with Gasteiger partial charge in [0.2, 0.25) is 5.43 Å². The number of hydrogen-bond donors (Lipinski definition) is 1. The second-order valence-electron chi connectivity index (χ2n) is 6.26. The zero-order chi connectivity index (χ0) is 19.1. The number of carbonyl (C=O) groups excluding carboxylic acids is 1. The quantitative estimate of drug-likeness (QED) is 0.878. The standard InChI is InChI=1S/C17H17F3N4O2/c1-10-7-14(25)15(16(26)23-6-5-12(21)9-23)22-24(10)13-4-2-3-11(8-13)17(18,19)20/h2-4,7-8,12H,5-6,9,21H2,1H3/t12-/m0/s1. The lowest BCUT2D eigenvalue weighted by Gasteiger charge is -2.17. The zero-order valence-corrected chi connectivity index (χ0v) is 14.0. The Labute approximate surface area is 147 Å². The van der Waals surface area contributed by atoms with Crippen LogP contribution >= 0.6 is 0 Å². The number of alkyl halides is 3. The van der Waals surface area contributed by atoms with Gasteiger partial charge in [-0.3, -0.25) is 9.59 Å². The Kier molecular flexibility index (Phi) is 4.57. The summed E-state index contributed by atoms with van der Waals surface area (Å²) in [6.07, 6.45) is -3.88. The van der Waals surface area contributed by atoms with Gasteiger partial charge in [-0.05, 0) is 31.5 Å². The maximum atomic E-state index is 12.9. The van der Waals surface area contributed by atoms with E-state index in [-0.39, 0.29) is 17.4 Å². The van der Waals surface area contributed by atoms with Crippen LogP contribution in [-0.4, -0.2) is 39.7 Å². The second kappa shape index (κ2) is 6.56. The van der Waals surface area contributed by atoms with Gasteiger partial charge in [-0.25, -0.2) is 4.68 Å². The van der Waals surface area contributed by atoms with E-state index in [0.717, 1.165) is 12.1 Å². The van der Waals surface area contributed by atoms with Gasteiger partial charge in [0.05, 0.1) is 11.3 Å². The summed E-state index contributed by atoms with van der Waals surface area (Å²) < 4.78 is 40.0. The van der Waals surface area contributed by atoms with E-state index in [9.17, 15) is 22.8 Å². The number of halogens is 3. The van der Waals surface area contributed by atoms with Crippen molar-refractivity contribution >= 4 is 5.91 Å². The largest absolute Gasteiger partial charge is 0.416 e. The number of benzene rings is 1. The molecule has 0 bridgehead atoms. The fourth-order valence-electron chi connectivity index (χ4n) is 2.89. The van der Waals surface area contributed by atoms with Crippen molar-refractivity contribution in [3.05, 3.63) is 57.5 Å². The van der Waals surface area contributed by atoms with Gasteiger partial charge in [-0.15, -0.1) is 0 Å². The fraction of sp³-hybridized carbons (Fsp3) is 0.353. The molecule has 2 aromatic rings. The van der Waals surface area contributed by atoms with Gasteiger partial charge in [0.25, 0.3) is 5.91 Å². The van der Waals surface area contributed by atoms with Crippen LogP contribution in [0.15, 0.2) is 35.1 Å². The monoisotopic (exact) mass is 366 g/mol. The van der Waals surface area contributed by atoms with Crippen LogP contribution in [-0.2, 0) is 6.18 Å². The van der Waals surface area contributed by atoms with Crippen molar-refractivity contribution < 1.29 is 18.0 Å². The third-order valence-electron chi connectivity index (χ3n) is 4.24. The van der Waals surface area contributed by atoms with Crippen molar-refractivity contribution in [1.82, 2.24) is 14.7 Å². The number of carbonyl (C=O) groups is 1. The average molecular weight is 366 g/mol. The molecule has 1 fully saturated rings. The van der Waals surface area contributed by atoms with Crippen molar-refractivity contribution in [3.63, 3.8) is 0 Å². The third-order valence-corrected chi connectivity index (χ3v) is 4.24. The van der Waals surface area contributed by atoms with Crippen LogP contribution < -0.4 is 11.2 Å². The molecule has 0 aliphatic carbocycles. The van der Waals surface area contributed by atoms with Crippen LogP contribution in [0.2, 0.25) is 0 Å². The van der Waals surface area contributed by atoms with E-state index in [1.54, 1.807) is 0 Å². The first kappa shape index (κ1) is 18.1. The summed E-state index contributed by atoms with van der Waals surface area (Å²) in [5.41, 5.74) is 4.47. The van der Waals surface area contributed by atoms with Crippen LogP contribution in [0.3, 0.4) is 0 Å². The molecule has 2 heterocycles. The number of nitrogens with two attached hydrogens (primary N) is 1. The highest BCUT2D eigenvalue weighted by atomic mass is 19.4. The number of aromatic nitrogens is 2. The van der Waals surface area contributed by atoms with Crippen LogP contribution in [0, 0.1) is 6.92 Å². The normalized spacial score (nSPS) is 17.6. The molecule has 2 N–H and O–H groups in total. The smallest absolute Gasteiger partial charge is 0.336 e. The maximum absolute atomic E-state index is 12.9. The molecule has 0 spiro atoms. The highest BCUT2D eigenvalue weighted by Gasteiger charge is 2.31. The van der Waals surface area contributed by atoms with Gasteiger partial charge in [-0.1, -0.05) is 6.07 Å². The Bertz CT molecular complexity index is 908. The number of amides is 1. The molecule has 1 amide bonds. The van der Waals surface area contributed by atoms with Crippen LogP contribution in [0.25, 0.3) is 5.69 Å². The van der Waals surface area contributed by atoms with Gasteiger partial charge >= 0.3 is 6.18 Å². The molecule has 9 heteroatoms. The molecule has 1 atom stereocenters. The molecule has 3 rings (SSSR count). The van der Waals surface area contributed by atoms with Crippen molar-refractivity contribution in [2.45, 2.75) is 25.6 Å². The highest BCUT2D eigenvalue weighted by molar-refractivity contribution is 5.92. The zero-order valence-electron chi connectivity index (χ0n) is 14.0. The van der Waals surface area contributed by atoms with Gasteiger partial charge in [-0.2, -0.15) is 18.3 Å². The lowest BCUT2D eigenvalue weighted by atomic mass is 10.2. The molecule has 0 unspecified atom stereocenters. The summed E-state index contributed by atoms with van der Waals surface area (Å²) in [6.45, 7) is 2.27. The predicted molar refractivity (Wildman–Crippen MR) is 88.1 cm³/mol. The summed E-state index contributed by atoms with van der Waals surface area (Å²) in [5, 5.41) is 4.04. The average Bonchev–Trinajstić information content (AvgIpc) is 3.00. The number of likely N-dealkylation sites (tertiary alicyclic amines) is 1. The van der Waals surface area contributed by atoms with Crippen LogP contribution in [0.5, 0.6) is 0 Å². The first-order chi connectivity index (χ1) is 12.2. The first-order valence-electron chi connectivity index (χ1n) is 8.00. The molecule has 0 saturated carbocycles. The molecule has 1 aliphatic heterocycles. The van der Waals surface area contributed by atoms with E-state index in [1.807, 2.05) is 0 Å². The summed E-state index contributed by atoms with van der Waals surface area (Å²) in [5.74, 6) is -0.566. The van der Waals surface area contributed by atoms with Crippen molar-refractivity contribution in [2.75, 3.05) is 13.1 Å². The van der Waals surface area contributed by atoms with E-state index in [0.29, 0.717) is 25.2 Å². The lowest BCUT2D eigenvalue weighted by molar-refractivity contribution is -0.137. The van der Waals surface area contributed by atoms with E-state index in [2.05, 4.69) is 5.10 Å². The summed E-state index contributed by atoms with van der Waals surface area (Å²) in [7, 11) is 0. The minimum atomic E-state index is -4.51. The van der Waals surface area contributed by atoms with Gasteiger partial charge < -0.3 is 10.6 Å². The minimum absolute atomic E-state index is 0.115. The second-order valence-corrected chi connectivity index (χ2v) is 6.26. The minimum Gasteiger partial charge on any atom is -0.336 e. The number of nitrogens with zero attached hydrogens (tertiary/aromatic N) is 3. The molecule has 26 heavy (non-hydrogen) atoms. The van der Waals surface area contributed by atoms with Crippen molar-refractivity contribution in [3.8, 4) is 5.69 Å². The first-order valence-corrected chi connectivity index (χ1v) is 8.00. The predicted octanol–water partition coefficient (Wildman–Crippen LogP) is 1.73. The number of hydrogen-bond acceptors (Lipinski definition) is 4. The molecule has 138 valence electrons. The van der Waals surface area contributed by atoms with Crippen LogP contribution in [0.4, 0.5) is 13.2 Å². The van der Waals surface area contributed by atoms with Crippen LogP contribution in [0.1, 0.15) is 28.2 Å². The molecule has 1 aromatic carbocycles. The van der Waals surface area contributed by atoms with E-state index in [1.165, 1.54) is 34.7 Å². The Balaban J connectivity index is 2.04. The Morgan fingerprint density at radius 3 is 2.65 bits per heavy atom. The molecule has 1 saturated heterocycles. The Morgan fingerprint density at radius 2 is 2.04 bits per heavy atom. The number of rotatable bonds is 2. The Hall–Kier alpha value is -2.68. The summed E-state index contributed by atoms with van der Waals surface area (Å²) in [4.78, 5) is 26.2.